The standard InChI is InChI=1S/C12H17ClN2O/c1-9(14)12(15-6-3-7-16-15)10-4-2-5-11(13)8-10/h2,4-5,8-9,12H,3,6-7,14H2,1H3. The van der Waals surface area contributed by atoms with Crippen molar-refractivity contribution in [2.45, 2.75) is 25.4 Å². The minimum Gasteiger partial charge on any atom is -0.326 e. The molecule has 1 aromatic rings. The van der Waals surface area contributed by atoms with Gasteiger partial charge in [-0.05, 0) is 31.0 Å². The van der Waals surface area contributed by atoms with E-state index in [4.69, 9.17) is 22.2 Å². The highest BCUT2D eigenvalue weighted by Crippen LogP contribution is 2.28. The second-order valence-corrected chi connectivity index (χ2v) is 4.62. The molecule has 3 nitrogen and oxygen atoms in total. The first-order valence-electron chi connectivity index (χ1n) is 5.59. The van der Waals surface area contributed by atoms with Gasteiger partial charge in [0, 0.05) is 17.6 Å². The number of hydrogen-bond donors (Lipinski definition) is 1. The van der Waals surface area contributed by atoms with E-state index in [-0.39, 0.29) is 12.1 Å². The second-order valence-electron chi connectivity index (χ2n) is 4.19. The van der Waals surface area contributed by atoms with Crippen LogP contribution < -0.4 is 5.73 Å². The van der Waals surface area contributed by atoms with Crippen LogP contribution in [-0.2, 0) is 4.84 Å². The maximum absolute atomic E-state index is 6.03. The zero-order valence-electron chi connectivity index (χ0n) is 9.40. The number of benzene rings is 1. The number of halogens is 1. The fraction of sp³-hybridized carbons (Fsp3) is 0.500. The topological polar surface area (TPSA) is 38.5 Å². The Balaban J connectivity index is 2.24. The van der Waals surface area contributed by atoms with Crippen molar-refractivity contribution in [1.82, 2.24) is 5.06 Å². The molecule has 4 heteroatoms. The van der Waals surface area contributed by atoms with Gasteiger partial charge in [0.1, 0.15) is 0 Å². The number of hydrogen-bond acceptors (Lipinski definition) is 3. The summed E-state index contributed by atoms with van der Waals surface area (Å²) < 4.78 is 0. The van der Waals surface area contributed by atoms with Crippen LogP contribution in [0.25, 0.3) is 0 Å². The minimum absolute atomic E-state index is 0.0107. The average molecular weight is 241 g/mol. The molecular weight excluding hydrogens is 224 g/mol. The van der Waals surface area contributed by atoms with Gasteiger partial charge in [-0.1, -0.05) is 23.7 Å². The van der Waals surface area contributed by atoms with Crippen LogP contribution in [0.3, 0.4) is 0 Å². The van der Waals surface area contributed by atoms with E-state index >= 15 is 0 Å². The molecule has 0 aliphatic carbocycles. The van der Waals surface area contributed by atoms with Crippen molar-refractivity contribution in [2.24, 2.45) is 5.73 Å². The van der Waals surface area contributed by atoms with E-state index < -0.39 is 0 Å². The molecule has 0 aromatic heterocycles. The van der Waals surface area contributed by atoms with Crippen LogP contribution in [0.2, 0.25) is 5.02 Å². The third-order valence-electron chi connectivity index (χ3n) is 2.78. The summed E-state index contributed by atoms with van der Waals surface area (Å²) in [5.41, 5.74) is 7.15. The van der Waals surface area contributed by atoms with Gasteiger partial charge in [0.15, 0.2) is 0 Å². The van der Waals surface area contributed by atoms with E-state index in [0.717, 1.165) is 30.2 Å². The molecule has 0 amide bonds. The van der Waals surface area contributed by atoms with Crippen molar-refractivity contribution in [3.05, 3.63) is 34.9 Å². The summed E-state index contributed by atoms with van der Waals surface area (Å²) in [6.45, 7) is 3.70. The molecule has 1 saturated heterocycles. The van der Waals surface area contributed by atoms with Crippen molar-refractivity contribution < 1.29 is 4.84 Å². The van der Waals surface area contributed by atoms with Crippen LogP contribution in [-0.4, -0.2) is 24.3 Å². The van der Waals surface area contributed by atoms with Crippen LogP contribution in [0, 0.1) is 0 Å². The molecule has 88 valence electrons. The summed E-state index contributed by atoms with van der Waals surface area (Å²) in [6, 6.07) is 7.91. The van der Waals surface area contributed by atoms with E-state index in [2.05, 4.69) is 0 Å². The Kier molecular flexibility index (Phi) is 3.82. The van der Waals surface area contributed by atoms with Crippen molar-refractivity contribution in [3.8, 4) is 0 Å². The predicted molar refractivity (Wildman–Crippen MR) is 65.1 cm³/mol. The molecule has 2 unspecified atom stereocenters. The number of nitrogens with zero attached hydrogens (tertiary/aromatic N) is 1. The van der Waals surface area contributed by atoms with Gasteiger partial charge in [0.05, 0.1) is 12.6 Å². The summed E-state index contributed by atoms with van der Waals surface area (Å²) in [6.07, 6.45) is 1.06. The molecule has 1 aromatic carbocycles. The Labute approximate surface area is 101 Å². The van der Waals surface area contributed by atoms with Crippen molar-refractivity contribution in [3.63, 3.8) is 0 Å². The van der Waals surface area contributed by atoms with E-state index in [0.29, 0.717) is 0 Å². The summed E-state index contributed by atoms with van der Waals surface area (Å²) in [5, 5.41) is 2.71. The highest BCUT2D eigenvalue weighted by atomic mass is 35.5. The Hall–Kier alpha value is -0.610. The smallest absolute Gasteiger partial charge is 0.0750 e. The highest BCUT2D eigenvalue weighted by molar-refractivity contribution is 6.30. The lowest BCUT2D eigenvalue weighted by atomic mass is 10.0. The first-order valence-corrected chi connectivity index (χ1v) is 5.97. The Bertz CT molecular complexity index is 351. The van der Waals surface area contributed by atoms with Crippen molar-refractivity contribution in [2.75, 3.05) is 13.2 Å². The second kappa shape index (κ2) is 5.15. The Morgan fingerprint density at radius 2 is 2.31 bits per heavy atom. The lowest BCUT2D eigenvalue weighted by Gasteiger charge is -2.29. The molecule has 16 heavy (non-hydrogen) atoms. The summed E-state index contributed by atoms with van der Waals surface area (Å²) in [7, 11) is 0. The highest BCUT2D eigenvalue weighted by Gasteiger charge is 2.27. The SMILES string of the molecule is CC(N)C(c1cccc(Cl)c1)N1CCCO1. The van der Waals surface area contributed by atoms with Crippen molar-refractivity contribution >= 4 is 11.6 Å². The first kappa shape index (κ1) is 11.9. The number of rotatable bonds is 3. The zero-order valence-corrected chi connectivity index (χ0v) is 10.2. The van der Waals surface area contributed by atoms with Gasteiger partial charge in [0.2, 0.25) is 0 Å². The lowest BCUT2D eigenvalue weighted by Crippen LogP contribution is -2.37. The number of hydroxylamine groups is 2. The summed E-state index contributed by atoms with van der Waals surface area (Å²) >= 11 is 6.00. The fourth-order valence-corrected chi connectivity index (χ4v) is 2.31. The van der Waals surface area contributed by atoms with Crippen LogP contribution in [0.15, 0.2) is 24.3 Å². The monoisotopic (exact) mass is 240 g/mol. The molecule has 1 heterocycles. The Morgan fingerprint density at radius 3 is 2.88 bits per heavy atom. The summed E-state index contributed by atoms with van der Waals surface area (Å²) in [5.74, 6) is 0. The molecule has 1 aliphatic rings. The Morgan fingerprint density at radius 1 is 1.50 bits per heavy atom. The molecule has 0 bridgehead atoms. The number of nitrogens with two attached hydrogens (primary N) is 1. The largest absolute Gasteiger partial charge is 0.326 e. The molecule has 0 saturated carbocycles. The first-order chi connectivity index (χ1) is 7.68. The predicted octanol–water partition coefficient (Wildman–Crippen LogP) is 2.37. The van der Waals surface area contributed by atoms with Gasteiger partial charge in [-0.15, -0.1) is 0 Å². The molecule has 1 aliphatic heterocycles. The maximum atomic E-state index is 6.03. The van der Waals surface area contributed by atoms with E-state index in [1.807, 2.05) is 36.3 Å². The molecule has 2 atom stereocenters. The van der Waals surface area contributed by atoms with Gasteiger partial charge in [-0.25, -0.2) is 0 Å². The molecule has 0 radical (unpaired) electrons. The zero-order chi connectivity index (χ0) is 11.5. The quantitative estimate of drug-likeness (QED) is 0.882. The van der Waals surface area contributed by atoms with Gasteiger partial charge in [-0.2, -0.15) is 5.06 Å². The van der Waals surface area contributed by atoms with Crippen LogP contribution in [0.5, 0.6) is 0 Å². The van der Waals surface area contributed by atoms with Crippen LogP contribution in [0.4, 0.5) is 0 Å². The van der Waals surface area contributed by atoms with Crippen molar-refractivity contribution in [1.29, 1.82) is 0 Å². The van der Waals surface area contributed by atoms with E-state index in [1.165, 1.54) is 0 Å². The maximum Gasteiger partial charge on any atom is 0.0750 e. The fourth-order valence-electron chi connectivity index (χ4n) is 2.11. The van der Waals surface area contributed by atoms with Gasteiger partial charge in [-0.3, -0.25) is 4.84 Å². The van der Waals surface area contributed by atoms with Gasteiger partial charge >= 0.3 is 0 Å². The summed E-state index contributed by atoms with van der Waals surface area (Å²) in [4.78, 5) is 5.58. The molecule has 2 rings (SSSR count). The van der Waals surface area contributed by atoms with Crippen LogP contribution >= 0.6 is 11.6 Å². The normalized spacial score (nSPS) is 20.9. The van der Waals surface area contributed by atoms with Gasteiger partial charge in [0.25, 0.3) is 0 Å². The lowest BCUT2D eigenvalue weighted by molar-refractivity contribution is -0.147. The third-order valence-corrected chi connectivity index (χ3v) is 3.01. The third kappa shape index (κ3) is 2.55. The van der Waals surface area contributed by atoms with Crippen LogP contribution in [0.1, 0.15) is 24.9 Å². The molecular formula is C12H17ClN2O. The van der Waals surface area contributed by atoms with Gasteiger partial charge < -0.3 is 5.73 Å². The minimum atomic E-state index is 0.0107. The van der Waals surface area contributed by atoms with E-state index in [1.54, 1.807) is 0 Å². The molecule has 2 N–H and O–H groups in total. The average Bonchev–Trinajstić information content (AvgIpc) is 2.71. The van der Waals surface area contributed by atoms with E-state index in [9.17, 15) is 0 Å². The molecule has 1 fully saturated rings. The molecule has 0 spiro atoms.